The molecule has 1 heterocycles. The van der Waals surface area contributed by atoms with Crippen LogP contribution >= 0.6 is 0 Å². The van der Waals surface area contributed by atoms with Crippen molar-refractivity contribution in [1.29, 1.82) is 0 Å². The maximum Gasteiger partial charge on any atom is 0.224 e. The van der Waals surface area contributed by atoms with Gasteiger partial charge in [-0.1, -0.05) is 0 Å². The van der Waals surface area contributed by atoms with Gasteiger partial charge in [-0.05, 0) is 44.7 Å². The molecular weight excluding hydrogens is 262 g/mol. The molecule has 3 nitrogen and oxygen atoms in total. The van der Waals surface area contributed by atoms with Crippen molar-refractivity contribution in [2.45, 2.75) is 20.4 Å². The lowest BCUT2D eigenvalue weighted by Gasteiger charge is -2.14. The fourth-order valence-corrected chi connectivity index (χ4v) is 1.96. The molecule has 5 heteroatoms. The standard InChI is InChI=1S/C15H16F2N2O/c1-9-6-10(2)19-15(12(9)8-18-3)20-14-7-11(16)4-5-13(14)17/h4-7,18H,8H2,1-3H3. The Hall–Kier alpha value is -2.01. The van der Waals surface area contributed by atoms with Gasteiger partial charge in [-0.25, -0.2) is 13.8 Å². The Morgan fingerprint density at radius 2 is 1.95 bits per heavy atom. The van der Waals surface area contributed by atoms with Gasteiger partial charge in [0.05, 0.1) is 0 Å². The van der Waals surface area contributed by atoms with E-state index in [2.05, 4.69) is 10.3 Å². The Morgan fingerprint density at radius 1 is 1.20 bits per heavy atom. The summed E-state index contributed by atoms with van der Waals surface area (Å²) in [6, 6.07) is 5.01. The number of nitrogens with one attached hydrogen (secondary N) is 1. The van der Waals surface area contributed by atoms with Crippen molar-refractivity contribution >= 4 is 0 Å². The lowest BCUT2D eigenvalue weighted by atomic mass is 10.1. The zero-order chi connectivity index (χ0) is 14.7. The Balaban J connectivity index is 2.44. The predicted octanol–water partition coefficient (Wildman–Crippen LogP) is 3.49. The smallest absolute Gasteiger partial charge is 0.224 e. The number of ether oxygens (including phenoxy) is 1. The Labute approximate surface area is 116 Å². The van der Waals surface area contributed by atoms with Crippen molar-refractivity contribution in [2.24, 2.45) is 0 Å². The van der Waals surface area contributed by atoms with Gasteiger partial charge < -0.3 is 10.1 Å². The van der Waals surface area contributed by atoms with Crippen molar-refractivity contribution < 1.29 is 13.5 Å². The Morgan fingerprint density at radius 3 is 2.65 bits per heavy atom. The third kappa shape index (κ3) is 3.11. The van der Waals surface area contributed by atoms with E-state index in [0.29, 0.717) is 12.4 Å². The SMILES string of the molecule is CNCc1c(C)cc(C)nc1Oc1cc(F)ccc1F. The zero-order valence-corrected chi connectivity index (χ0v) is 11.6. The summed E-state index contributed by atoms with van der Waals surface area (Å²) >= 11 is 0. The molecule has 0 atom stereocenters. The molecule has 1 N–H and O–H groups in total. The summed E-state index contributed by atoms with van der Waals surface area (Å²) in [5.74, 6) is -1.05. The molecule has 2 rings (SSSR count). The minimum Gasteiger partial charge on any atom is -0.435 e. The second-order valence-corrected chi connectivity index (χ2v) is 4.57. The van der Waals surface area contributed by atoms with Crippen molar-refractivity contribution in [3.05, 3.63) is 52.7 Å². The lowest BCUT2D eigenvalue weighted by molar-refractivity contribution is 0.415. The number of aryl methyl sites for hydroxylation is 2. The van der Waals surface area contributed by atoms with Gasteiger partial charge in [0.15, 0.2) is 11.6 Å². The van der Waals surface area contributed by atoms with Gasteiger partial charge in [0, 0.05) is 23.9 Å². The molecule has 0 spiro atoms. The number of rotatable bonds is 4. The number of hydrogen-bond acceptors (Lipinski definition) is 3. The molecular formula is C15H16F2N2O. The van der Waals surface area contributed by atoms with Crippen molar-refractivity contribution in [2.75, 3.05) is 7.05 Å². The summed E-state index contributed by atoms with van der Waals surface area (Å²) in [6.07, 6.45) is 0. The van der Waals surface area contributed by atoms with Crippen LogP contribution in [0.3, 0.4) is 0 Å². The minimum absolute atomic E-state index is 0.167. The van der Waals surface area contributed by atoms with Crippen LogP contribution in [0.15, 0.2) is 24.3 Å². The highest BCUT2D eigenvalue weighted by molar-refractivity contribution is 5.39. The van der Waals surface area contributed by atoms with E-state index in [9.17, 15) is 8.78 Å². The van der Waals surface area contributed by atoms with Gasteiger partial charge >= 0.3 is 0 Å². The molecule has 0 bridgehead atoms. The Bertz CT molecular complexity index is 630. The topological polar surface area (TPSA) is 34.2 Å². The van der Waals surface area contributed by atoms with Crippen LogP contribution in [0.25, 0.3) is 0 Å². The molecule has 0 aliphatic heterocycles. The average molecular weight is 278 g/mol. The van der Waals surface area contributed by atoms with Crippen molar-refractivity contribution in [3.8, 4) is 11.6 Å². The molecule has 0 radical (unpaired) electrons. The highest BCUT2D eigenvalue weighted by Crippen LogP contribution is 2.28. The first-order chi connectivity index (χ1) is 9.51. The molecule has 0 saturated carbocycles. The van der Waals surface area contributed by atoms with Gasteiger partial charge in [0.2, 0.25) is 5.88 Å². The first-order valence-electron chi connectivity index (χ1n) is 6.26. The lowest BCUT2D eigenvalue weighted by Crippen LogP contribution is -2.10. The van der Waals surface area contributed by atoms with E-state index in [-0.39, 0.29) is 5.75 Å². The fourth-order valence-electron chi connectivity index (χ4n) is 1.96. The van der Waals surface area contributed by atoms with Crippen LogP contribution in [0.5, 0.6) is 11.6 Å². The molecule has 20 heavy (non-hydrogen) atoms. The number of hydrogen-bond donors (Lipinski definition) is 1. The van der Waals surface area contributed by atoms with E-state index in [4.69, 9.17) is 4.74 Å². The summed E-state index contributed by atoms with van der Waals surface area (Å²) in [5, 5.41) is 3.01. The largest absolute Gasteiger partial charge is 0.435 e. The molecule has 2 aromatic rings. The van der Waals surface area contributed by atoms with Crippen LogP contribution in [0.2, 0.25) is 0 Å². The van der Waals surface area contributed by atoms with Gasteiger partial charge in [0.25, 0.3) is 0 Å². The number of benzene rings is 1. The molecule has 0 unspecified atom stereocenters. The molecule has 106 valence electrons. The Kier molecular flexibility index (Phi) is 4.29. The van der Waals surface area contributed by atoms with Crippen LogP contribution in [0.1, 0.15) is 16.8 Å². The van der Waals surface area contributed by atoms with E-state index in [1.807, 2.05) is 19.9 Å². The number of pyridine rings is 1. The second-order valence-electron chi connectivity index (χ2n) is 4.57. The van der Waals surface area contributed by atoms with E-state index in [1.165, 1.54) is 0 Å². The van der Waals surface area contributed by atoms with Gasteiger partial charge in [-0.3, -0.25) is 0 Å². The van der Waals surface area contributed by atoms with Crippen molar-refractivity contribution in [1.82, 2.24) is 10.3 Å². The van der Waals surface area contributed by atoms with E-state index in [1.54, 1.807) is 7.05 Å². The van der Waals surface area contributed by atoms with Crippen LogP contribution < -0.4 is 10.1 Å². The van der Waals surface area contributed by atoms with E-state index in [0.717, 1.165) is 35.0 Å². The maximum atomic E-state index is 13.6. The summed E-state index contributed by atoms with van der Waals surface area (Å²) in [4.78, 5) is 4.27. The number of aromatic nitrogens is 1. The van der Waals surface area contributed by atoms with Gasteiger partial charge in [-0.2, -0.15) is 0 Å². The predicted molar refractivity (Wildman–Crippen MR) is 72.9 cm³/mol. The second kappa shape index (κ2) is 5.96. The molecule has 0 amide bonds. The third-order valence-corrected chi connectivity index (χ3v) is 2.89. The normalized spacial score (nSPS) is 10.7. The van der Waals surface area contributed by atoms with Crippen LogP contribution in [-0.4, -0.2) is 12.0 Å². The van der Waals surface area contributed by atoms with Gasteiger partial charge in [0.1, 0.15) is 5.82 Å². The number of nitrogens with zero attached hydrogens (tertiary/aromatic N) is 1. The van der Waals surface area contributed by atoms with Crippen molar-refractivity contribution in [3.63, 3.8) is 0 Å². The van der Waals surface area contributed by atoms with E-state index >= 15 is 0 Å². The molecule has 0 fully saturated rings. The first-order valence-corrected chi connectivity index (χ1v) is 6.26. The zero-order valence-electron chi connectivity index (χ0n) is 11.6. The quantitative estimate of drug-likeness (QED) is 0.929. The monoisotopic (exact) mass is 278 g/mol. The molecule has 1 aromatic carbocycles. The average Bonchev–Trinajstić information content (AvgIpc) is 2.38. The summed E-state index contributed by atoms with van der Waals surface area (Å²) in [5.41, 5.74) is 2.56. The summed E-state index contributed by atoms with van der Waals surface area (Å²) in [6.45, 7) is 4.28. The van der Waals surface area contributed by atoms with Gasteiger partial charge in [-0.15, -0.1) is 0 Å². The molecule has 0 aliphatic rings. The van der Waals surface area contributed by atoms with E-state index < -0.39 is 11.6 Å². The maximum absolute atomic E-state index is 13.6. The fraction of sp³-hybridized carbons (Fsp3) is 0.267. The highest BCUT2D eigenvalue weighted by atomic mass is 19.1. The minimum atomic E-state index is -0.622. The third-order valence-electron chi connectivity index (χ3n) is 2.89. The van der Waals surface area contributed by atoms with Crippen LogP contribution in [0.4, 0.5) is 8.78 Å². The van der Waals surface area contributed by atoms with Crippen LogP contribution in [-0.2, 0) is 6.54 Å². The molecule has 0 aliphatic carbocycles. The molecule has 0 saturated heterocycles. The summed E-state index contributed by atoms with van der Waals surface area (Å²) < 4.78 is 32.3. The van der Waals surface area contributed by atoms with Crippen LogP contribution in [0, 0.1) is 25.5 Å². The first kappa shape index (κ1) is 14.4. The highest BCUT2D eigenvalue weighted by Gasteiger charge is 2.13. The molecule has 1 aromatic heterocycles. The number of halogens is 2. The summed E-state index contributed by atoms with van der Waals surface area (Å²) in [7, 11) is 1.80.